The molecule has 2 rings (SSSR count). The highest BCUT2D eigenvalue weighted by molar-refractivity contribution is 6.02. The Morgan fingerprint density at radius 2 is 2.12 bits per heavy atom. The maximum atomic E-state index is 5.91. The van der Waals surface area contributed by atoms with E-state index in [-0.39, 0.29) is 5.95 Å². The van der Waals surface area contributed by atoms with Gasteiger partial charge in [-0.1, -0.05) is 37.6 Å². The van der Waals surface area contributed by atoms with Crippen molar-refractivity contribution < 1.29 is 4.74 Å². The van der Waals surface area contributed by atoms with E-state index in [1.165, 1.54) is 0 Å². The third kappa shape index (κ3) is 4.68. The lowest BCUT2D eigenvalue weighted by Crippen LogP contribution is -2.16. The number of aryl methyl sites for hydroxylation is 1. The van der Waals surface area contributed by atoms with Crippen molar-refractivity contribution in [2.75, 3.05) is 31.2 Å². The van der Waals surface area contributed by atoms with Crippen LogP contribution in [0.1, 0.15) is 30.9 Å². The van der Waals surface area contributed by atoms with Crippen LogP contribution in [-0.4, -0.2) is 35.9 Å². The summed E-state index contributed by atoms with van der Waals surface area (Å²) < 4.78 is 5.91. The molecule has 0 atom stereocenters. The largest absolute Gasteiger partial charge is 0.482 e. The van der Waals surface area contributed by atoms with Crippen LogP contribution in [0.3, 0.4) is 0 Å². The number of ether oxygens (including phenoxy) is 1. The van der Waals surface area contributed by atoms with Gasteiger partial charge in [0.05, 0.1) is 11.9 Å². The predicted octanol–water partition coefficient (Wildman–Crippen LogP) is 3.08. The first-order valence-corrected chi connectivity index (χ1v) is 8.16. The molecule has 3 N–H and O–H groups in total. The zero-order valence-electron chi connectivity index (χ0n) is 14.5. The summed E-state index contributed by atoms with van der Waals surface area (Å²) in [6.45, 7) is 5.36. The Balaban J connectivity index is 2.11. The summed E-state index contributed by atoms with van der Waals surface area (Å²) in [6.07, 6.45) is 3.75. The first-order valence-electron chi connectivity index (χ1n) is 8.16. The van der Waals surface area contributed by atoms with Crippen molar-refractivity contribution in [2.45, 2.75) is 26.7 Å². The van der Waals surface area contributed by atoms with Gasteiger partial charge in [0.2, 0.25) is 5.95 Å². The van der Waals surface area contributed by atoms with Crippen LogP contribution < -0.4 is 15.8 Å². The van der Waals surface area contributed by atoms with Crippen molar-refractivity contribution in [3.63, 3.8) is 0 Å². The third-order valence-electron chi connectivity index (χ3n) is 3.69. The minimum absolute atomic E-state index is 0.227. The average Bonchev–Trinajstić information content (AvgIpc) is 2.58. The summed E-state index contributed by atoms with van der Waals surface area (Å²) in [4.78, 5) is 12.6. The first-order chi connectivity index (χ1) is 11.7. The minimum atomic E-state index is 0.227. The molecule has 0 unspecified atom stereocenters. The molecule has 0 aliphatic rings. The lowest BCUT2D eigenvalue weighted by atomic mass is 10.0. The number of nitrogens with one attached hydrogen (secondary N) is 1. The molecule has 24 heavy (non-hydrogen) atoms. The number of unbranched alkanes of at least 4 members (excludes halogenated alkanes) is 1. The van der Waals surface area contributed by atoms with Crippen LogP contribution in [0.2, 0.25) is 0 Å². The first kappa shape index (κ1) is 17.7. The second-order valence-corrected chi connectivity index (χ2v) is 5.50. The number of aliphatic imine (C=N–C) groups is 1. The van der Waals surface area contributed by atoms with Crippen LogP contribution in [-0.2, 0) is 0 Å². The smallest absolute Gasteiger partial charge is 0.222 e. The molecule has 0 aliphatic heterocycles. The van der Waals surface area contributed by atoms with E-state index in [1.807, 2.05) is 18.2 Å². The molecule has 1 heterocycles. The minimum Gasteiger partial charge on any atom is -0.482 e. The Bertz CT molecular complexity index is 700. The van der Waals surface area contributed by atoms with E-state index in [0.717, 1.165) is 36.2 Å². The van der Waals surface area contributed by atoms with Gasteiger partial charge in [0.25, 0.3) is 0 Å². The van der Waals surface area contributed by atoms with Gasteiger partial charge in [-0.05, 0) is 18.9 Å². The fraction of sp³-hybridized carbons (Fsp3) is 0.389. The molecule has 1 aromatic heterocycles. The molecule has 2 aromatic rings. The van der Waals surface area contributed by atoms with Crippen molar-refractivity contribution in [1.82, 2.24) is 9.97 Å². The van der Waals surface area contributed by atoms with E-state index in [9.17, 15) is 0 Å². The van der Waals surface area contributed by atoms with Gasteiger partial charge in [0.1, 0.15) is 6.61 Å². The van der Waals surface area contributed by atoms with E-state index in [0.29, 0.717) is 18.2 Å². The third-order valence-corrected chi connectivity index (χ3v) is 3.69. The van der Waals surface area contributed by atoms with Gasteiger partial charge >= 0.3 is 0 Å². The van der Waals surface area contributed by atoms with E-state index in [2.05, 4.69) is 40.2 Å². The number of anilines is 2. The highest BCUT2D eigenvalue weighted by Gasteiger charge is 2.11. The summed E-state index contributed by atoms with van der Waals surface area (Å²) in [5.41, 5.74) is 8.81. The van der Waals surface area contributed by atoms with Crippen LogP contribution in [0.15, 0.2) is 35.5 Å². The molecular formula is C18H25N5O. The zero-order valence-corrected chi connectivity index (χ0v) is 14.5. The van der Waals surface area contributed by atoms with Gasteiger partial charge in [-0.25, -0.2) is 4.98 Å². The second kappa shape index (κ2) is 8.86. The molecular weight excluding hydrogens is 302 g/mol. The number of hydrogen-bond acceptors (Lipinski definition) is 6. The molecule has 0 fully saturated rings. The lowest BCUT2D eigenvalue weighted by molar-refractivity contribution is 0.375. The average molecular weight is 327 g/mol. The predicted molar refractivity (Wildman–Crippen MR) is 99.0 cm³/mol. The number of nitrogens with zero attached hydrogens (tertiary/aromatic N) is 3. The number of nitrogen functional groups attached to an aromatic ring is 1. The molecule has 0 saturated carbocycles. The monoisotopic (exact) mass is 327 g/mol. The van der Waals surface area contributed by atoms with Gasteiger partial charge in [-0.2, -0.15) is 4.98 Å². The van der Waals surface area contributed by atoms with Crippen LogP contribution >= 0.6 is 0 Å². The van der Waals surface area contributed by atoms with Crippen molar-refractivity contribution >= 4 is 17.5 Å². The molecule has 6 heteroatoms. The van der Waals surface area contributed by atoms with Crippen LogP contribution in [0.5, 0.6) is 5.75 Å². The number of hydrogen-bond donors (Lipinski definition) is 2. The standard InChI is InChI=1S/C18H25N5O/c1-4-5-10-21-17-16(11-22-18(19)23-17)24-12-15(20-3)14-9-7-6-8-13(14)2/h6-9,11H,4-5,10,12H2,1-3H3,(H3,19,21,22,23). The Hall–Kier alpha value is -2.63. The van der Waals surface area contributed by atoms with Gasteiger partial charge < -0.3 is 15.8 Å². The molecule has 0 saturated heterocycles. The van der Waals surface area contributed by atoms with Crippen molar-refractivity contribution in [3.8, 4) is 5.75 Å². The van der Waals surface area contributed by atoms with E-state index >= 15 is 0 Å². The van der Waals surface area contributed by atoms with Crippen molar-refractivity contribution in [2.24, 2.45) is 4.99 Å². The van der Waals surface area contributed by atoms with Gasteiger partial charge in [-0.3, -0.25) is 4.99 Å². The van der Waals surface area contributed by atoms with Gasteiger partial charge in [-0.15, -0.1) is 0 Å². The molecule has 0 bridgehead atoms. The Morgan fingerprint density at radius 3 is 2.83 bits per heavy atom. The summed E-state index contributed by atoms with van der Waals surface area (Å²) >= 11 is 0. The topological polar surface area (TPSA) is 85.4 Å². The number of benzene rings is 1. The summed E-state index contributed by atoms with van der Waals surface area (Å²) in [6, 6.07) is 8.11. The van der Waals surface area contributed by atoms with Crippen LogP contribution in [0, 0.1) is 6.92 Å². The van der Waals surface area contributed by atoms with Gasteiger partial charge in [0.15, 0.2) is 11.6 Å². The molecule has 6 nitrogen and oxygen atoms in total. The second-order valence-electron chi connectivity index (χ2n) is 5.50. The van der Waals surface area contributed by atoms with Crippen LogP contribution in [0.4, 0.5) is 11.8 Å². The summed E-state index contributed by atoms with van der Waals surface area (Å²) in [5.74, 6) is 1.43. The Labute approximate surface area is 143 Å². The number of nitrogens with two attached hydrogens (primary N) is 1. The Morgan fingerprint density at radius 1 is 1.33 bits per heavy atom. The number of rotatable bonds is 8. The normalized spacial score (nSPS) is 11.4. The van der Waals surface area contributed by atoms with Crippen molar-refractivity contribution in [1.29, 1.82) is 0 Å². The molecule has 0 aliphatic carbocycles. The molecule has 0 radical (unpaired) electrons. The quantitative estimate of drug-likeness (QED) is 0.575. The van der Waals surface area contributed by atoms with Gasteiger partial charge in [0, 0.05) is 19.2 Å². The molecule has 128 valence electrons. The summed E-state index contributed by atoms with van der Waals surface area (Å²) in [7, 11) is 1.77. The Kier molecular flexibility index (Phi) is 6.54. The fourth-order valence-corrected chi connectivity index (χ4v) is 2.31. The van der Waals surface area contributed by atoms with Crippen LogP contribution in [0.25, 0.3) is 0 Å². The van der Waals surface area contributed by atoms with E-state index < -0.39 is 0 Å². The molecule has 0 spiro atoms. The maximum absolute atomic E-state index is 5.91. The highest BCUT2D eigenvalue weighted by atomic mass is 16.5. The molecule has 0 amide bonds. The summed E-state index contributed by atoms with van der Waals surface area (Å²) in [5, 5.41) is 3.25. The molecule has 1 aromatic carbocycles. The van der Waals surface area contributed by atoms with E-state index in [1.54, 1.807) is 13.2 Å². The fourth-order valence-electron chi connectivity index (χ4n) is 2.31. The highest BCUT2D eigenvalue weighted by Crippen LogP contribution is 2.22. The maximum Gasteiger partial charge on any atom is 0.222 e. The SMILES string of the molecule is CCCCNc1nc(N)ncc1OCC(=NC)c1ccccc1C. The van der Waals surface area contributed by atoms with Crippen molar-refractivity contribution in [3.05, 3.63) is 41.6 Å². The lowest BCUT2D eigenvalue weighted by Gasteiger charge is -2.14. The van der Waals surface area contributed by atoms with E-state index in [4.69, 9.17) is 10.5 Å². The zero-order chi connectivity index (χ0) is 17.4. The number of aromatic nitrogens is 2.